The van der Waals surface area contributed by atoms with E-state index in [4.69, 9.17) is 4.74 Å². The number of nitrogens with zero attached hydrogens (tertiary/aromatic N) is 2. The molecule has 2 aromatic heterocycles. The monoisotopic (exact) mass is 334 g/mol. The molecule has 0 spiro atoms. The number of aromatic nitrogens is 2. The Balaban J connectivity index is 1.58. The van der Waals surface area contributed by atoms with Crippen molar-refractivity contribution in [2.24, 2.45) is 0 Å². The normalized spacial score (nSPS) is 10.1. The van der Waals surface area contributed by atoms with Crippen LogP contribution in [0.15, 0.2) is 67.1 Å². The molecule has 0 aliphatic carbocycles. The van der Waals surface area contributed by atoms with Crippen LogP contribution in [0.2, 0.25) is 0 Å². The Morgan fingerprint density at radius 2 is 1.72 bits per heavy atom. The number of benzene rings is 1. The van der Waals surface area contributed by atoms with Crippen LogP contribution in [0.1, 0.15) is 16.1 Å². The topological polar surface area (TPSA) is 76.1 Å². The Kier molecular flexibility index (Phi) is 5.21. The van der Waals surface area contributed by atoms with E-state index in [1.807, 2.05) is 42.5 Å². The van der Waals surface area contributed by atoms with E-state index in [1.54, 1.807) is 31.8 Å². The lowest BCUT2D eigenvalue weighted by molar-refractivity contribution is 0.0946. The molecule has 0 radical (unpaired) electrons. The highest BCUT2D eigenvalue weighted by atomic mass is 16.5. The molecule has 0 bridgehead atoms. The minimum atomic E-state index is -0.215. The first-order chi connectivity index (χ1) is 12.2. The molecule has 0 saturated carbocycles. The number of amides is 1. The van der Waals surface area contributed by atoms with Gasteiger partial charge in [-0.05, 0) is 54.1 Å². The minimum Gasteiger partial charge on any atom is -0.497 e. The van der Waals surface area contributed by atoms with Gasteiger partial charge in [-0.1, -0.05) is 0 Å². The van der Waals surface area contributed by atoms with Crippen LogP contribution in [-0.2, 0) is 6.54 Å². The van der Waals surface area contributed by atoms with Crippen molar-refractivity contribution < 1.29 is 9.53 Å². The third-order valence-corrected chi connectivity index (χ3v) is 3.58. The molecule has 0 aliphatic heterocycles. The summed E-state index contributed by atoms with van der Waals surface area (Å²) >= 11 is 0. The van der Waals surface area contributed by atoms with Crippen LogP contribution in [-0.4, -0.2) is 23.0 Å². The van der Waals surface area contributed by atoms with E-state index >= 15 is 0 Å². The highest BCUT2D eigenvalue weighted by Crippen LogP contribution is 2.19. The average Bonchev–Trinajstić information content (AvgIpc) is 2.68. The number of methoxy groups -OCH3 is 1. The Bertz CT molecular complexity index is 818. The summed E-state index contributed by atoms with van der Waals surface area (Å²) in [6.45, 7) is 0.439. The van der Waals surface area contributed by atoms with Crippen molar-refractivity contribution in [1.82, 2.24) is 15.3 Å². The SMILES string of the molecule is COc1ccc(Nc2ccc(C(=O)NCc3ccncc3)nc2)cc1. The molecule has 6 heteroatoms. The van der Waals surface area contributed by atoms with Crippen LogP contribution < -0.4 is 15.4 Å². The number of nitrogens with one attached hydrogen (secondary N) is 2. The largest absolute Gasteiger partial charge is 0.497 e. The first-order valence-corrected chi connectivity index (χ1v) is 7.79. The first kappa shape index (κ1) is 16.4. The van der Waals surface area contributed by atoms with E-state index in [0.717, 1.165) is 22.7 Å². The molecular formula is C19H18N4O2. The zero-order valence-corrected chi connectivity index (χ0v) is 13.8. The third-order valence-electron chi connectivity index (χ3n) is 3.58. The second kappa shape index (κ2) is 7.92. The van der Waals surface area contributed by atoms with Gasteiger partial charge < -0.3 is 15.4 Å². The molecule has 2 heterocycles. The number of rotatable bonds is 6. The van der Waals surface area contributed by atoms with Crippen molar-refractivity contribution >= 4 is 17.3 Å². The van der Waals surface area contributed by atoms with Crippen molar-refractivity contribution in [3.05, 3.63) is 78.4 Å². The summed E-state index contributed by atoms with van der Waals surface area (Å²) in [5.74, 6) is 0.581. The van der Waals surface area contributed by atoms with Gasteiger partial charge in [0, 0.05) is 24.6 Å². The van der Waals surface area contributed by atoms with E-state index in [2.05, 4.69) is 20.6 Å². The van der Waals surface area contributed by atoms with Gasteiger partial charge in [-0.25, -0.2) is 4.98 Å². The zero-order chi connectivity index (χ0) is 17.5. The van der Waals surface area contributed by atoms with Crippen LogP contribution in [0.3, 0.4) is 0 Å². The summed E-state index contributed by atoms with van der Waals surface area (Å²) in [6.07, 6.45) is 5.02. The van der Waals surface area contributed by atoms with Gasteiger partial charge in [0.25, 0.3) is 5.91 Å². The molecule has 3 rings (SSSR count). The van der Waals surface area contributed by atoms with Gasteiger partial charge in [0.05, 0.1) is 19.0 Å². The van der Waals surface area contributed by atoms with Gasteiger partial charge in [-0.15, -0.1) is 0 Å². The fourth-order valence-electron chi connectivity index (χ4n) is 2.22. The summed E-state index contributed by atoms with van der Waals surface area (Å²) in [4.78, 5) is 20.3. The number of hydrogen-bond acceptors (Lipinski definition) is 5. The van der Waals surface area contributed by atoms with E-state index < -0.39 is 0 Å². The number of hydrogen-bond donors (Lipinski definition) is 2. The van der Waals surface area contributed by atoms with E-state index in [1.165, 1.54) is 0 Å². The molecule has 0 fully saturated rings. The summed E-state index contributed by atoms with van der Waals surface area (Å²) in [5, 5.41) is 6.06. The summed E-state index contributed by atoms with van der Waals surface area (Å²) < 4.78 is 5.13. The second-order valence-corrected chi connectivity index (χ2v) is 5.32. The van der Waals surface area contributed by atoms with Crippen molar-refractivity contribution in [1.29, 1.82) is 0 Å². The van der Waals surface area contributed by atoms with Gasteiger partial charge in [-0.2, -0.15) is 0 Å². The number of carbonyl (C=O) groups is 1. The fraction of sp³-hybridized carbons (Fsp3) is 0.105. The van der Waals surface area contributed by atoms with Crippen LogP contribution in [0.5, 0.6) is 5.75 Å². The Labute approximate surface area is 145 Å². The molecule has 1 amide bonds. The highest BCUT2D eigenvalue weighted by Gasteiger charge is 2.07. The van der Waals surface area contributed by atoms with Crippen molar-refractivity contribution in [2.75, 3.05) is 12.4 Å². The molecular weight excluding hydrogens is 316 g/mol. The molecule has 1 aromatic carbocycles. The van der Waals surface area contributed by atoms with Crippen LogP contribution in [0, 0.1) is 0 Å². The van der Waals surface area contributed by atoms with Gasteiger partial charge in [0.2, 0.25) is 0 Å². The van der Waals surface area contributed by atoms with Gasteiger partial charge >= 0.3 is 0 Å². The number of anilines is 2. The summed E-state index contributed by atoms with van der Waals surface area (Å²) in [6, 6.07) is 14.8. The first-order valence-electron chi connectivity index (χ1n) is 7.79. The van der Waals surface area contributed by atoms with Gasteiger partial charge in [0.15, 0.2) is 0 Å². The molecule has 0 aliphatic rings. The predicted octanol–water partition coefficient (Wildman–Crippen LogP) is 3.16. The summed E-state index contributed by atoms with van der Waals surface area (Å²) in [7, 11) is 1.63. The van der Waals surface area contributed by atoms with E-state index in [0.29, 0.717) is 12.2 Å². The second-order valence-electron chi connectivity index (χ2n) is 5.32. The molecule has 3 aromatic rings. The van der Waals surface area contributed by atoms with E-state index in [9.17, 15) is 4.79 Å². The smallest absolute Gasteiger partial charge is 0.270 e. The Morgan fingerprint density at radius 1 is 1.00 bits per heavy atom. The molecule has 6 nitrogen and oxygen atoms in total. The summed E-state index contributed by atoms with van der Waals surface area (Å²) in [5.41, 5.74) is 3.07. The number of ether oxygens (including phenoxy) is 1. The standard InChI is InChI=1S/C19H18N4O2/c1-25-17-5-2-15(3-6-17)23-16-4-7-18(21-13-16)19(24)22-12-14-8-10-20-11-9-14/h2-11,13,23H,12H2,1H3,(H,22,24). The minimum absolute atomic E-state index is 0.215. The molecule has 126 valence electrons. The Hall–Kier alpha value is -3.41. The van der Waals surface area contributed by atoms with Crippen LogP contribution >= 0.6 is 0 Å². The lowest BCUT2D eigenvalue weighted by Gasteiger charge is -2.08. The molecule has 25 heavy (non-hydrogen) atoms. The highest BCUT2D eigenvalue weighted by molar-refractivity contribution is 5.92. The molecule has 0 saturated heterocycles. The predicted molar refractivity (Wildman–Crippen MR) is 95.9 cm³/mol. The van der Waals surface area contributed by atoms with E-state index in [-0.39, 0.29) is 5.91 Å². The number of carbonyl (C=O) groups excluding carboxylic acids is 1. The third kappa shape index (κ3) is 4.54. The van der Waals surface area contributed by atoms with Crippen molar-refractivity contribution in [2.45, 2.75) is 6.54 Å². The van der Waals surface area contributed by atoms with Gasteiger partial charge in [-0.3, -0.25) is 9.78 Å². The maximum Gasteiger partial charge on any atom is 0.270 e. The Morgan fingerprint density at radius 3 is 2.36 bits per heavy atom. The maximum atomic E-state index is 12.1. The molecule has 0 unspecified atom stereocenters. The lowest BCUT2D eigenvalue weighted by Crippen LogP contribution is -2.23. The molecule has 0 atom stereocenters. The van der Waals surface area contributed by atoms with Crippen molar-refractivity contribution in [3.8, 4) is 5.75 Å². The quantitative estimate of drug-likeness (QED) is 0.724. The zero-order valence-electron chi connectivity index (χ0n) is 13.8. The molecule has 2 N–H and O–H groups in total. The van der Waals surface area contributed by atoms with Crippen molar-refractivity contribution in [3.63, 3.8) is 0 Å². The number of pyridine rings is 2. The lowest BCUT2D eigenvalue weighted by atomic mass is 10.2. The van der Waals surface area contributed by atoms with Crippen LogP contribution in [0.4, 0.5) is 11.4 Å². The maximum absolute atomic E-state index is 12.1. The average molecular weight is 334 g/mol. The van der Waals surface area contributed by atoms with Crippen LogP contribution in [0.25, 0.3) is 0 Å². The van der Waals surface area contributed by atoms with Gasteiger partial charge in [0.1, 0.15) is 11.4 Å². The fourth-order valence-corrected chi connectivity index (χ4v) is 2.22.